The summed E-state index contributed by atoms with van der Waals surface area (Å²) in [6, 6.07) is 15.3. The number of nitrogens with zero attached hydrogens (tertiary/aromatic N) is 4. The van der Waals surface area contributed by atoms with Crippen molar-refractivity contribution in [3.63, 3.8) is 0 Å². The zero-order chi connectivity index (χ0) is 20.5. The molecule has 3 heterocycles. The molecule has 2 aliphatic rings. The van der Waals surface area contributed by atoms with E-state index in [4.69, 9.17) is 0 Å². The van der Waals surface area contributed by atoms with E-state index in [0.29, 0.717) is 17.2 Å². The first kappa shape index (κ1) is 18.6. The molecule has 8 nitrogen and oxygen atoms in total. The average molecular weight is 404 g/mol. The first-order chi connectivity index (χ1) is 14.7. The Morgan fingerprint density at radius 1 is 0.933 bits per heavy atom. The first-order valence-corrected chi connectivity index (χ1v) is 10.4. The van der Waals surface area contributed by atoms with Crippen LogP contribution in [0, 0.1) is 5.92 Å². The highest BCUT2D eigenvalue weighted by atomic mass is 16.2. The quantitative estimate of drug-likeness (QED) is 0.682. The molecule has 0 radical (unpaired) electrons. The molecule has 5 rings (SSSR count). The third kappa shape index (κ3) is 3.85. The predicted octanol–water partition coefficient (Wildman–Crippen LogP) is 2.48. The minimum absolute atomic E-state index is 0.00225. The molecule has 2 N–H and O–H groups in total. The van der Waals surface area contributed by atoms with Crippen LogP contribution in [0.15, 0.2) is 48.5 Å². The maximum Gasteiger partial charge on any atom is 0.251 e. The summed E-state index contributed by atoms with van der Waals surface area (Å²) in [6.07, 6.45) is 3.60. The number of carbonyl (C=O) groups excluding carboxylic acids is 2. The van der Waals surface area contributed by atoms with Gasteiger partial charge in [-0.1, -0.05) is 24.3 Å². The molecule has 2 aromatic heterocycles. The summed E-state index contributed by atoms with van der Waals surface area (Å²) in [5, 5.41) is 10.5. The smallest absolute Gasteiger partial charge is 0.251 e. The van der Waals surface area contributed by atoms with E-state index in [1.54, 1.807) is 4.52 Å². The summed E-state index contributed by atoms with van der Waals surface area (Å²) >= 11 is 0. The lowest BCUT2D eigenvalue weighted by Gasteiger charge is -2.33. The fourth-order valence-corrected chi connectivity index (χ4v) is 3.85. The highest BCUT2D eigenvalue weighted by Crippen LogP contribution is 2.30. The summed E-state index contributed by atoms with van der Waals surface area (Å²) in [4.78, 5) is 31.1. The molecule has 0 atom stereocenters. The largest absolute Gasteiger partial charge is 0.356 e. The van der Waals surface area contributed by atoms with Crippen LogP contribution in [0.4, 0.5) is 11.8 Å². The van der Waals surface area contributed by atoms with Gasteiger partial charge in [0.15, 0.2) is 5.65 Å². The number of benzene rings is 1. The van der Waals surface area contributed by atoms with E-state index in [2.05, 4.69) is 25.6 Å². The molecular formula is C22H24N6O2. The maximum atomic E-state index is 12.4. The van der Waals surface area contributed by atoms with Crippen LogP contribution in [0.3, 0.4) is 0 Å². The van der Waals surface area contributed by atoms with Crippen molar-refractivity contribution in [3.05, 3.63) is 54.1 Å². The molecule has 0 unspecified atom stereocenters. The lowest BCUT2D eigenvalue weighted by molar-refractivity contribution is -0.117. The van der Waals surface area contributed by atoms with Crippen molar-refractivity contribution in [2.24, 2.45) is 5.92 Å². The van der Waals surface area contributed by atoms with E-state index < -0.39 is 0 Å². The van der Waals surface area contributed by atoms with E-state index in [-0.39, 0.29) is 23.8 Å². The lowest BCUT2D eigenvalue weighted by atomic mass is 10.0. The van der Waals surface area contributed by atoms with Gasteiger partial charge in [0.2, 0.25) is 11.9 Å². The molecule has 2 amide bonds. The Balaban J connectivity index is 1.25. The summed E-state index contributed by atoms with van der Waals surface area (Å²) in [6.45, 7) is 1.62. The van der Waals surface area contributed by atoms with Crippen LogP contribution < -0.4 is 15.5 Å². The number of hydrogen-bond donors (Lipinski definition) is 2. The highest BCUT2D eigenvalue weighted by molar-refractivity contribution is 5.94. The topological polar surface area (TPSA) is 91.6 Å². The van der Waals surface area contributed by atoms with Crippen LogP contribution in [0.1, 0.15) is 36.0 Å². The van der Waals surface area contributed by atoms with Gasteiger partial charge in [0.1, 0.15) is 5.82 Å². The lowest BCUT2D eigenvalue weighted by Crippen LogP contribution is -2.45. The maximum absolute atomic E-state index is 12.4. The highest BCUT2D eigenvalue weighted by Gasteiger charge is 2.30. The van der Waals surface area contributed by atoms with Gasteiger partial charge >= 0.3 is 0 Å². The van der Waals surface area contributed by atoms with E-state index >= 15 is 0 Å². The van der Waals surface area contributed by atoms with Crippen molar-refractivity contribution >= 4 is 29.2 Å². The standard InChI is InChI=1S/C22H24N6O2/c29-20(15-5-2-1-3-6-15)23-17-11-13-27(14-12-17)19-8-4-7-18-24-22(26-28(18)19)25-21(30)16-9-10-16/h1-8,16-17H,9-14H2,(H,23,29)(H,25,26,30). The molecule has 3 aromatic rings. The number of carbonyl (C=O) groups is 2. The number of anilines is 2. The molecule has 1 aliphatic heterocycles. The van der Waals surface area contributed by atoms with Gasteiger partial charge in [-0.15, -0.1) is 5.10 Å². The molecular weight excluding hydrogens is 380 g/mol. The number of amides is 2. The van der Waals surface area contributed by atoms with Gasteiger partial charge in [-0.3, -0.25) is 14.9 Å². The third-order valence-electron chi connectivity index (χ3n) is 5.71. The fraction of sp³-hybridized carbons (Fsp3) is 0.364. The fourth-order valence-electron chi connectivity index (χ4n) is 3.85. The monoisotopic (exact) mass is 404 g/mol. The number of aromatic nitrogens is 3. The molecule has 1 aliphatic carbocycles. The second-order valence-electron chi connectivity index (χ2n) is 7.95. The Hall–Kier alpha value is -3.42. The van der Waals surface area contributed by atoms with Crippen molar-refractivity contribution < 1.29 is 9.59 Å². The summed E-state index contributed by atoms with van der Waals surface area (Å²) in [5.74, 6) is 1.39. The van der Waals surface area contributed by atoms with Crippen molar-refractivity contribution in [1.82, 2.24) is 19.9 Å². The molecule has 30 heavy (non-hydrogen) atoms. The van der Waals surface area contributed by atoms with E-state index in [1.165, 1.54) is 0 Å². The second kappa shape index (κ2) is 7.78. The van der Waals surface area contributed by atoms with E-state index in [9.17, 15) is 9.59 Å². The Morgan fingerprint density at radius 3 is 2.43 bits per heavy atom. The summed E-state index contributed by atoms with van der Waals surface area (Å²) < 4.78 is 1.78. The van der Waals surface area contributed by atoms with Gasteiger partial charge in [0.25, 0.3) is 5.91 Å². The predicted molar refractivity (Wildman–Crippen MR) is 113 cm³/mol. The zero-order valence-corrected chi connectivity index (χ0v) is 16.6. The van der Waals surface area contributed by atoms with Crippen molar-refractivity contribution in [1.29, 1.82) is 0 Å². The second-order valence-corrected chi connectivity index (χ2v) is 7.95. The molecule has 8 heteroatoms. The summed E-state index contributed by atoms with van der Waals surface area (Å²) in [7, 11) is 0. The van der Waals surface area contributed by atoms with Crippen LogP contribution >= 0.6 is 0 Å². The van der Waals surface area contributed by atoms with Crippen molar-refractivity contribution in [3.8, 4) is 0 Å². The Labute approximate surface area is 174 Å². The molecule has 0 bridgehead atoms. The van der Waals surface area contributed by atoms with Gasteiger partial charge in [-0.05, 0) is 49.9 Å². The molecule has 2 fully saturated rings. The van der Waals surface area contributed by atoms with E-state index in [1.807, 2.05) is 48.5 Å². The van der Waals surface area contributed by atoms with Gasteiger partial charge in [0.05, 0.1) is 0 Å². The summed E-state index contributed by atoms with van der Waals surface area (Å²) in [5.41, 5.74) is 1.39. The number of hydrogen-bond acceptors (Lipinski definition) is 5. The van der Waals surface area contributed by atoms with Crippen molar-refractivity contribution in [2.45, 2.75) is 31.7 Å². The SMILES string of the molecule is O=C(NC1CCN(c2cccc3nc(NC(=O)C4CC4)nn23)CC1)c1ccccc1. The molecule has 1 saturated heterocycles. The van der Waals surface area contributed by atoms with E-state index in [0.717, 1.165) is 44.6 Å². The van der Waals surface area contributed by atoms with Gasteiger partial charge in [-0.2, -0.15) is 9.50 Å². The number of rotatable bonds is 5. The Morgan fingerprint density at radius 2 is 1.70 bits per heavy atom. The van der Waals surface area contributed by atoms with Crippen LogP contribution in [0.25, 0.3) is 5.65 Å². The minimum Gasteiger partial charge on any atom is -0.356 e. The number of nitrogens with one attached hydrogen (secondary N) is 2. The third-order valence-corrected chi connectivity index (χ3v) is 5.71. The Bertz CT molecular complexity index is 1070. The average Bonchev–Trinajstić information content (AvgIpc) is 3.55. The Kier molecular flexibility index (Phi) is 4.82. The van der Waals surface area contributed by atoms with Crippen LogP contribution in [0.2, 0.25) is 0 Å². The van der Waals surface area contributed by atoms with Gasteiger partial charge < -0.3 is 10.2 Å². The normalized spacial score (nSPS) is 17.1. The molecule has 0 spiro atoms. The number of pyridine rings is 1. The van der Waals surface area contributed by atoms with Crippen LogP contribution in [-0.4, -0.2) is 45.5 Å². The molecule has 154 valence electrons. The van der Waals surface area contributed by atoms with Gasteiger partial charge in [-0.25, -0.2) is 0 Å². The van der Waals surface area contributed by atoms with Crippen molar-refractivity contribution in [2.75, 3.05) is 23.3 Å². The zero-order valence-electron chi connectivity index (χ0n) is 16.6. The molecule has 1 saturated carbocycles. The molecule has 1 aromatic carbocycles. The van der Waals surface area contributed by atoms with Crippen LogP contribution in [0.5, 0.6) is 0 Å². The number of piperidine rings is 1. The van der Waals surface area contributed by atoms with Crippen LogP contribution in [-0.2, 0) is 4.79 Å². The van der Waals surface area contributed by atoms with Gasteiger partial charge in [0, 0.05) is 30.6 Å². The first-order valence-electron chi connectivity index (χ1n) is 10.4. The minimum atomic E-state index is -0.0246. The number of fused-ring (bicyclic) bond motifs is 1.